The highest BCUT2D eigenvalue weighted by Crippen LogP contribution is 2.36. The fourth-order valence-corrected chi connectivity index (χ4v) is 4.87. The lowest BCUT2D eigenvalue weighted by atomic mass is 10.00. The third-order valence-corrected chi connectivity index (χ3v) is 6.86. The van der Waals surface area contributed by atoms with Crippen LogP contribution in [0.3, 0.4) is 0 Å². The van der Waals surface area contributed by atoms with Crippen LogP contribution < -0.4 is 26.6 Å². The van der Waals surface area contributed by atoms with Gasteiger partial charge in [-0.1, -0.05) is 18.1 Å². The summed E-state index contributed by atoms with van der Waals surface area (Å²) in [5.74, 6) is 7.24. The number of benzene rings is 1. The van der Waals surface area contributed by atoms with E-state index in [0.717, 1.165) is 19.4 Å². The normalized spacial score (nSPS) is 18.8. The number of hydrogen-bond donors (Lipinski definition) is 1. The van der Waals surface area contributed by atoms with Gasteiger partial charge in [0.1, 0.15) is 17.0 Å². The Morgan fingerprint density at radius 1 is 1.22 bits per heavy atom. The Bertz CT molecular complexity index is 1550. The zero-order valence-electron chi connectivity index (χ0n) is 21.1. The number of fused-ring (bicyclic) bond motifs is 2. The Labute approximate surface area is 209 Å². The molecule has 5 rings (SSSR count). The quantitative estimate of drug-likeness (QED) is 0.559. The van der Waals surface area contributed by atoms with Gasteiger partial charge >= 0.3 is 5.69 Å². The minimum absolute atomic E-state index is 0.00264. The maximum absolute atomic E-state index is 13.9. The van der Waals surface area contributed by atoms with Crippen molar-refractivity contribution in [2.24, 2.45) is 17.8 Å². The first kappa shape index (κ1) is 23.9. The Morgan fingerprint density at radius 2 is 2.00 bits per heavy atom. The Morgan fingerprint density at radius 3 is 2.75 bits per heavy atom. The van der Waals surface area contributed by atoms with E-state index in [4.69, 9.17) is 20.4 Å². The highest BCUT2D eigenvalue weighted by molar-refractivity contribution is 5.96. The molecule has 2 N–H and O–H groups in total. The Balaban J connectivity index is 1.68. The van der Waals surface area contributed by atoms with E-state index in [9.17, 15) is 9.59 Å². The molecule has 4 heterocycles. The average Bonchev–Trinajstić information content (AvgIpc) is 3.23. The first-order chi connectivity index (χ1) is 17.2. The zero-order valence-corrected chi connectivity index (χ0v) is 21.1. The molecule has 0 aliphatic carbocycles. The van der Waals surface area contributed by atoms with Crippen LogP contribution in [0.15, 0.2) is 38.8 Å². The number of ether oxygens (including phenoxy) is 1. The lowest BCUT2D eigenvalue weighted by Gasteiger charge is -2.32. The van der Waals surface area contributed by atoms with Crippen molar-refractivity contribution in [2.45, 2.75) is 58.3 Å². The number of aliphatic imine (C=N–C) groups is 1. The number of piperidine rings is 1. The van der Waals surface area contributed by atoms with Crippen LogP contribution in [0.25, 0.3) is 11.2 Å². The van der Waals surface area contributed by atoms with Crippen LogP contribution in [0.4, 0.5) is 11.6 Å². The molecule has 3 aromatic rings. The van der Waals surface area contributed by atoms with Crippen LogP contribution in [0.2, 0.25) is 0 Å². The molecule has 1 saturated heterocycles. The van der Waals surface area contributed by atoms with Crippen LogP contribution in [-0.4, -0.2) is 49.1 Å². The first-order valence-corrected chi connectivity index (χ1v) is 12.2. The number of anilines is 1. The van der Waals surface area contributed by atoms with E-state index in [0.29, 0.717) is 40.8 Å². The maximum Gasteiger partial charge on any atom is 0.332 e. The number of imidazole rings is 1. The summed E-state index contributed by atoms with van der Waals surface area (Å²) >= 11 is 0. The lowest BCUT2D eigenvalue weighted by molar-refractivity contribution is 0.175. The van der Waals surface area contributed by atoms with Gasteiger partial charge in [-0.25, -0.2) is 9.79 Å². The predicted octanol–water partition coefficient (Wildman–Crippen LogP) is 1.79. The molecule has 0 amide bonds. The topological polar surface area (TPSA) is 113 Å². The van der Waals surface area contributed by atoms with Crippen molar-refractivity contribution in [3.8, 4) is 17.6 Å². The predicted molar refractivity (Wildman–Crippen MR) is 140 cm³/mol. The largest absolute Gasteiger partial charge is 0.480 e. The molecule has 10 heteroatoms. The molecular weight excluding hydrogens is 458 g/mol. The van der Waals surface area contributed by atoms with Crippen molar-refractivity contribution in [3.63, 3.8) is 0 Å². The van der Waals surface area contributed by atoms with E-state index in [1.165, 1.54) is 9.13 Å². The number of aromatic nitrogens is 4. The van der Waals surface area contributed by atoms with Gasteiger partial charge in [0, 0.05) is 26.2 Å². The second-order valence-corrected chi connectivity index (χ2v) is 9.82. The summed E-state index contributed by atoms with van der Waals surface area (Å²) in [5.41, 5.74) is 6.47. The number of rotatable bonds is 4. The highest BCUT2D eigenvalue weighted by atomic mass is 16.5. The van der Waals surface area contributed by atoms with E-state index < -0.39 is 16.9 Å². The molecule has 2 aliphatic rings. The number of para-hydroxylation sites is 2. The minimum atomic E-state index is -0.795. The molecular formula is C26H31N7O3. The van der Waals surface area contributed by atoms with Crippen molar-refractivity contribution in [2.75, 3.05) is 18.0 Å². The average molecular weight is 490 g/mol. The summed E-state index contributed by atoms with van der Waals surface area (Å²) in [6.45, 7) is 7.21. The fourth-order valence-electron chi connectivity index (χ4n) is 4.87. The second-order valence-electron chi connectivity index (χ2n) is 9.82. The summed E-state index contributed by atoms with van der Waals surface area (Å²) < 4.78 is 10.6. The van der Waals surface area contributed by atoms with Crippen molar-refractivity contribution in [1.29, 1.82) is 0 Å². The summed E-state index contributed by atoms with van der Waals surface area (Å²) in [6, 6.07) is 7.49. The van der Waals surface area contributed by atoms with Gasteiger partial charge in [-0.05, 0) is 45.7 Å². The van der Waals surface area contributed by atoms with Crippen molar-refractivity contribution in [3.05, 3.63) is 45.1 Å². The Hall–Kier alpha value is -3.84. The van der Waals surface area contributed by atoms with E-state index in [1.807, 2.05) is 42.7 Å². The molecule has 0 radical (unpaired) electrons. The number of nitrogens with zero attached hydrogens (tertiary/aromatic N) is 6. The number of hydrogen-bond acceptors (Lipinski definition) is 7. The number of nitrogens with two attached hydrogens (primary N) is 1. The van der Waals surface area contributed by atoms with Gasteiger partial charge in [-0.3, -0.25) is 18.5 Å². The van der Waals surface area contributed by atoms with E-state index in [-0.39, 0.29) is 19.1 Å². The molecule has 2 aromatic heterocycles. The van der Waals surface area contributed by atoms with Crippen molar-refractivity contribution >= 4 is 28.5 Å². The van der Waals surface area contributed by atoms with E-state index in [2.05, 4.69) is 16.7 Å². The molecule has 10 nitrogen and oxygen atoms in total. The zero-order chi connectivity index (χ0) is 25.6. The molecule has 0 saturated carbocycles. The van der Waals surface area contributed by atoms with Gasteiger partial charge in [-0.15, -0.1) is 5.92 Å². The molecule has 0 bridgehead atoms. The third-order valence-electron chi connectivity index (χ3n) is 6.86. The summed E-state index contributed by atoms with van der Waals surface area (Å²) in [7, 11) is 1.63. The van der Waals surface area contributed by atoms with Crippen LogP contribution in [0, 0.1) is 11.8 Å². The van der Waals surface area contributed by atoms with Gasteiger partial charge in [0.05, 0.1) is 18.8 Å². The molecule has 1 atom stereocenters. The molecule has 1 aromatic carbocycles. The van der Waals surface area contributed by atoms with Crippen molar-refractivity contribution in [1.82, 2.24) is 18.7 Å². The van der Waals surface area contributed by atoms with E-state index in [1.54, 1.807) is 14.0 Å². The van der Waals surface area contributed by atoms with Gasteiger partial charge in [0.15, 0.2) is 11.2 Å². The molecule has 0 spiro atoms. The van der Waals surface area contributed by atoms with Gasteiger partial charge in [0.2, 0.25) is 5.95 Å². The van der Waals surface area contributed by atoms with Crippen LogP contribution >= 0.6 is 0 Å². The SMILES string of the molecule is CC#CCn1c(N2CCCC(N)C2)nc2c1c(=O)n(CC1=Nc3ccccc3OC1(C)C)c(=O)n2C. The monoisotopic (exact) mass is 489 g/mol. The first-order valence-electron chi connectivity index (χ1n) is 12.2. The Kier molecular flexibility index (Phi) is 5.96. The minimum Gasteiger partial charge on any atom is -0.480 e. The standard InChI is InChI=1S/C26H31N7O3/c1-5-6-14-32-21-22(29-24(32)31-13-9-10-17(27)15-31)30(4)25(35)33(23(21)34)16-20-26(2,3)36-19-12-8-7-11-18(19)28-20/h7-8,11-12,17H,9-10,13-16,27H2,1-4H3. The molecule has 188 valence electrons. The number of aryl methyl sites for hydroxylation is 1. The molecule has 1 fully saturated rings. The summed E-state index contributed by atoms with van der Waals surface area (Å²) in [4.78, 5) is 38.9. The lowest BCUT2D eigenvalue weighted by Crippen LogP contribution is -2.48. The smallest absolute Gasteiger partial charge is 0.332 e. The molecule has 2 aliphatic heterocycles. The van der Waals surface area contributed by atoms with Crippen LogP contribution in [-0.2, 0) is 20.1 Å². The van der Waals surface area contributed by atoms with Crippen LogP contribution in [0.5, 0.6) is 5.75 Å². The summed E-state index contributed by atoms with van der Waals surface area (Å²) in [6.07, 6.45) is 1.88. The molecule has 36 heavy (non-hydrogen) atoms. The second kappa shape index (κ2) is 8.99. The summed E-state index contributed by atoms with van der Waals surface area (Å²) in [5, 5.41) is 0. The highest BCUT2D eigenvalue weighted by Gasteiger charge is 2.34. The molecule has 1 unspecified atom stereocenters. The maximum atomic E-state index is 13.9. The third kappa shape index (κ3) is 3.99. The van der Waals surface area contributed by atoms with Crippen LogP contribution in [0.1, 0.15) is 33.6 Å². The van der Waals surface area contributed by atoms with Gasteiger partial charge < -0.3 is 15.4 Å². The fraction of sp³-hybridized carbons (Fsp3) is 0.462. The van der Waals surface area contributed by atoms with Gasteiger partial charge in [-0.2, -0.15) is 4.98 Å². The van der Waals surface area contributed by atoms with Crippen molar-refractivity contribution < 1.29 is 4.74 Å². The van der Waals surface area contributed by atoms with Gasteiger partial charge in [0.25, 0.3) is 5.56 Å². The van der Waals surface area contributed by atoms with E-state index >= 15 is 0 Å².